The van der Waals surface area contributed by atoms with Crippen LogP contribution in [0.15, 0.2) is 53.1 Å². The van der Waals surface area contributed by atoms with Crippen LogP contribution in [-0.2, 0) is 20.3 Å². The summed E-state index contributed by atoms with van der Waals surface area (Å²) >= 11 is 11.5. The van der Waals surface area contributed by atoms with Crippen LogP contribution in [0, 0.1) is 10.6 Å². The van der Waals surface area contributed by atoms with Gasteiger partial charge in [0, 0.05) is 43.8 Å². The highest BCUT2D eigenvalue weighted by Crippen LogP contribution is 2.22. The van der Waals surface area contributed by atoms with Crippen molar-refractivity contribution >= 4 is 23.8 Å². The molecule has 0 unspecified atom stereocenters. The Kier molecular flexibility index (Phi) is 6.55. The zero-order valence-electron chi connectivity index (χ0n) is 18.6. The molecule has 0 saturated carbocycles. The molecule has 11 heteroatoms. The molecule has 34 heavy (non-hydrogen) atoms. The Morgan fingerprint density at radius 1 is 1.03 bits per heavy atom. The van der Waals surface area contributed by atoms with Crippen molar-refractivity contribution < 1.29 is 8.91 Å². The second kappa shape index (κ2) is 9.75. The van der Waals surface area contributed by atoms with Crippen molar-refractivity contribution in [2.75, 3.05) is 26.2 Å². The van der Waals surface area contributed by atoms with Crippen molar-refractivity contribution in [2.24, 2.45) is 7.05 Å². The molecule has 8 nitrogen and oxygen atoms in total. The minimum Gasteiger partial charge on any atom is -0.338 e. The molecule has 1 aliphatic heterocycles. The SMILES string of the molecule is Cn1c(-c2ccccc2F)nn(CN2CCN(Cc3nc(-c4ccc(Cl)cc4)no3)CC2)c1=S. The molecular formula is C23H23ClFN7OS. The molecule has 2 aromatic carbocycles. The van der Waals surface area contributed by atoms with Gasteiger partial charge in [-0.3, -0.25) is 9.80 Å². The van der Waals surface area contributed by atoms with Gasteiger partial charge in [0.1, 0.15) is 5.82 Å². The van der Waals surface area contributed by atoms with E-state index in [9.17, 15) is 4.39 Å². The van der Waals surface area contributed by atoms with Gasteiger partial charge in [0.05, 0.1) is 18.8 Å². The van der Waals surface area contributed by atoms with E-state index in [2.05, 4.69) is 25.0 Å². The molecule has 0 bridgehead atoms. The molecule has 1 saturated heterocycles. The Morgan fingerprint density at radius 2 is 1.74 bits per heavy atom. The molecule has 3 heterocycles. The normalized spacial score (nSPS) is 15.1. The minimum atomic E-state index is -0.313. The molecule has 1 aliphatic rings. The zero-order valence-corrected chi connectivity index (χ0v) is 20.1. The van der Waals surface area contributed by atoms with E-state index < -0.39 is 0 Å². The maximum Gasteiger partial charge on any atom is 0.241 e. The lowest BCUT2D eigenvalue weighted by Crippen LogP contribution is -2.46. The van der Waals surface area contributed by atoms with Gasteiger partial charge in [-0.05, 0) is 48.6 Å². The summed E-state index contributed by atoms with van der Waals surface area (Å²) < 4.78 is 23.8. The van der Waals surface area contributed by atoms with Gasteiger partial charge >= 0.3 is 0 Å². The average Bonchev–Trinajstić information content (AvgIpc) is 3.41. The molecule has 0 atom stereocenters. The summed E-state index contributed by atoms with van der Waals surface area (Å²) in [5.74, 6) is 1.35. The zero-order chi connectivity index (χ0) is 23.7. The number of piperazine rings is 1. The van der Waals surface area contributed by atoms with E-state index in [1.54, 1.807) is 39.6 Å². The summed E-state index contributed by atoms with van der Waals surface area (Å²) in [5, 5.41) is 9.35. The summed E-state index contributed by atoms with van der Waals surface area (Å²) in [4.78, 5) is 9.06. The molecule has 0 aliphatic carbocycles. The first-order valence-electron chi connectivity index (χ1n) is 10.9. The maximum absolute atomic E-state index is 14.3. The van der Waals surface area contributed by atoms with Gasteiger partial charge in [0.25, 0.3) is 0 Å². The Bertz CT molecular complexity index is 1340. The van der Waals surface area contributed by atoms with Crippen LogP contribution < -0.4 is 0 Å². The van der Waals surface area contributed by atoms with Crippen LogP contribution in [0.1, 0.15) is 5.89 Å². The third-order valence-corrected chi connectivity index (χ3v) is 6.62. The third kappa shape index (κ3) is 4.80. The lowest BCUT2D eigenvalue weighted by molar-refractivity contribution is 0.0908. The number of halogens is 2. The molecule has 5 rings (SSSR count). The Morgan fingerprint density at radius 3 is 2.47 bits per heavy atom. The Hall–Kier alpha value is -2.92. The summed E-state index contributed by atoms with van der Waals surface area (Å²) in [7, 11) is 1.81. The summed E-state index contributed by atoms with van der Waals surface area (Å²) in [6.45, 7) is 4.51. The third-order valence-electron chi connectivity index (χ3n) is 5.88. The van der Waals surface area contributed by atoms with Crippen molar-refractivity contribution in [1.82, 2.24) is 34.3 Å². The highest BCUT2D eigenvalue weighted by Gasteiger charge is 2.21. The second-order valence-corrected chi connectivity index (χ2v) is 9.00. The number of rotatable bonds is 6. The van der Waals surface area contributed by atoms with Gasteiger partial charge in [-0.1, -0.05) is 28.9 Å². The molecule has 1 fully saturated rings. The first kappa shape index (κ1) is 22.9. The number of hydrogen-bond donors (Lipinski definition) is 0. The van der Waals surface area contributed by atoms with Gasteiger partial charge in [-0.2, -0.15) is 10.1 Å². The fraction of sp³-hybridized carbons (Fsp3) is 0.304. The van der Waals surface area contributed by atoms with Crippen molar-refractivity contribution in [1.29, 1.82) is 0 Å². The van der Waals surface area contributed by atoms with Crippen LogP contribution >= 0.6 is 23.8 Å². The molecular weight excluding hydrogens is 477 g/mol. The van der Waals surface area contributed by atoms with E-state index in [0.717, 1.165) is 31.7 Å². The smallest absolute Gasteiger partial charge is 0.241 e. The van der Waals surface area contributed by atoms with E-state index in [1.165, 1.54) is 6.07 Å². The lowest BCUT2D eigenvalue weighted by atomic mass is 10.2. The predicted octanol–water partition coefficient (Wildman–Crippen LogP) is 4.24. The summed E-state index contributed by atoms with van der Waals surface area (Å²) in [5.41, 5.74) is 1.31. The van der Waals surface area contributed by atoms with Crippen LogP contribution in [0.3, 0.4) is 0 Å². The van der Waals surface area contributed by atoms with Crippen LogP contribution in [-0.4, -0.2) is 60.5 Å². The predicted molar refractivity (Wildman–Crippen MR) is 129 cm³/mol. The minimum absolute atomic E-state index is 0.313. The number of benzene rings is 2. The van der Waals surface area contributed by atoms with Crippen LogP contribution in [0.5, 0.6) is 0 Å². The van der Waals surface area contributed by atoms with E-state index in [-0.39, 0.29) is 5.82 Å². The van der Waals surface area contributed by atoms with Gasteiger partial charge in [-0.25, -0.2) is 9.07 Å². The molecule has 0 radical (unpaired) electrons. The van der Waals surface area contributed by atoms with Gasteiger partial charge < -0.3 is 9.09 Å². The van der Waals surface area contributed by atoms with Crippen molar-refractivity contribution in [2.45, 2.75) is 13.2 Å². The fourth-order valence-corrected chi connectivity index (χ4v) is 4.27. The Balaban J connectivity index is 1.19. The number of hydrogen-bond acceptors (Lipinski definition) is 7. The van der Waals surface area contributed by atoms with Crippen molar-refractivity contribution in [3.8, 4) is 22.8 Å². The van der Waals surface area contributed by atoms with E-state index in [1.807, 2.05) is 19.2 Å². The van der Waals surface area contributed by atoms with E-state index in [0.29, 0.717) is 46.1 Å². The van der Waals surface area contributed by atoms with Crippen LogP contribution in [0.25, 0.3) is 22.8 Å². The van der Waals surface area contributed by atoms with E-state index in [4.69, 9.17) is 28.3 Å². The van der Waals surface area contributed by atoms with Crippen molar-refractivity contribution in [3.63, 3.8) is 0 Å². The highest BCUT2D eigenvalue weighted by molar-refractivity contribution is 7.71. The first-order valence-corrected chi connectivity index (χ1v) is 11.7. The fourth-order valence-electron chi connectivity index (χ4n) is 3.96. The molecule has 0 amide bonds. The number of nitrogens with zero attached hydrogens (tertiary/aromatic N) is 7. The molecule has 4 aromatic rings. The first-order chi connectivity index (χ1) is 16.5. The van der Waals surface area contributed by atoms with Crippen molar-refractivity contribution in [3.05, 3.63) is 70.0 Å². The second-order valence-electron chi connectivity index (χ2n) is 8.20. The van der Waals surface area contributed by atoms with Crippen LogP contribution in [0.4, 0.5) is 4.39 Å². The van der Waals surface area contributed by atoms with E-state index >= 15 is 0 Å². The standard InChI is InChI=1S/C23H23ClFN7OS/c1-29-22(18-4-2-3-5-19(18)25)27-32(23(29)34)15-31-12-10-30(11-13-31)14-20-26-21(28-33-20)16-6-8-17(24)9-7-16/h2-9H,10-15H2,1H3. The molecule has 176 valence electrons. The van der Waals surface area contributed by atoms with Gasteiger partial charge in [-0.15, -0.1) is 0 Å². The van der Waals surface area contributed by atoms with Gasteiger partial charge in [0.15, 0.2) is 10.6 Å². The summed E-state index contributed by atoms with van der Waals surface area (Å²) in [6, 6.07) is 14.0. The largest absolute Gasteiger partial charge is 0.338 e. The Labute approximate surface area is 206 Å². The lowest BCUT2D eigenvalue weighted by Gasteiger charge is -2.33. The summed E-state index contributed by atoms with van der Waals surface area (Å²) in [6.07, 6.45) is 0. The highest BCUT2D eigenvalue weighted by atomic mass is 35.5. The quantitative estimate of drug-likeness (QED) is 0.368. The molecule has 0 N–H and O–H groups in total. The maximum atomic E-state index is 14.3. The molecule has 0 spiro atoms. The van der Waals surface area contributed by atoms with Crippen LogP contribution in [0.2, 0.25) is 5.02 Å². The molecule has 2 aromatic heterocycles. The monoisotopic (exact) mass is 499 g/mol. The number of aromatic nitrogens is 5. The van der Waals surface area contributed by atoms with Gasteiger partial charge in [0.2, 0.25) is 11.7 Å². The average molecular weight is 500 g/mol. The topological polar surface area (TPSA) is 68.2 Å².